The molecule has 2 aromatic rings. The molecule has 5 nitrogen and oxygen atoms in total. The van der Waals surface area contributed by atoms with Crippen molar-refractivity contribution in [3.63, 3.8) is 0 Å². The van der Waals surface area contributed by atoms with Crippen LogP contribution < -0.4 is 10.6 Å². The van der Waals surface area contributed by atoms with E-state index in [0.29, 0.717) is 13.0 Å². The molecule has 0 bridgehead atoms. The van der Waals surface area contributed by atoms with Crippen LogP contribution in [0.3, 0.4) is 0 Å². The molecule has 1 aliphatic rings. The molecule has 1 fully saturated rings. The van der Waals surface area contributed by atoms with Crippen LogP contribution in [0.2, 0.25) is 0 Å². The summed E-state index contributed by atoms with van der Waals surface area (Å²) in [7, 11) is -3.01. The van der Waals surface area contributed by atoms with Crippen LogP contribution in [0.1, 0.15) is 11.3 Å². The molecule has 1 atom stereocenters. The average molecular weight is 342 g/mol. The van der Waals surface area contributed by atoms with Crippen LogP contribution in [0.15, 0.2) is 24.3 Å². The van der Waals surface area contributed by atoms with Gasteiger partial charge in [-0.05, 0) is 36.1 Å². The van der Waals surface area contributed by atoms with Crippen molar-refractivity contribution in [2.45, 2.75) is 19.0 Å². The molecule has 22 heavy (non-hydrogen) atoms. The molecule has 0 spiro atoms. The third kappa shape index (κ3) is 3.56. The van der Waals surface area contributed by atoms with Gasteiger partial charge in [-0.25, -0.2) is 17.6 Å². The van der Waals surface area contributed by atoms with Gasteiger partial charge in [-0.1, -0.05) is 0 Å². The normalized spacial score (nSPS) is 20.1. The van der Waals surface area contributed by atoms with E-state index in [1.807, 2.05) is 6.07 Å². The van der Waals surface area contributed by atoms with Gasteiger partial charge in [0.25, 0.3) is 0 Å². The Morgan fingerprint density at radius 2 is 2.18 bits per heavy atom. The van der Waals surface area contributed by atoms with E-state index in [1.165, 1.54) is 23.5 Å². The predicted octanol–water partition coefficient (Wildman–Crippen LogP) is 2.03. The lowest BCUT2D eigenvalue weighted by Gasteiger charge is -2.11. The summed E-state index contributed by atoms with van der Waals surface area (Å²) in [6.07, 6.45) is 0.456. The van der Waals surface area contributed by atoms with E-state index in [-0.39, 0.29) is 29.4 Å². The zero-order chi connectivity index (χ0) is 15.7. The summed E-state index contributed by atoms with van der Waals surface area (Å²) in [6, 6.07) is 5.71. The molecule has 118 valence electrons. The fourth-order valence-electron chi connectivity index (χ4n) is 2.47. The number of carbonyl (C=O) groups excluding carboxylic acids is 1. The first-order valence-corrected chi connectivity index (χ1v) is 9.48. The number of hydrogen-bond acceptors (Lipinski definition) is 4. The quantitative estimate of drug-likeness (QED) is 0.896. The van der Waals surface area contributed by atoms with Gasteiger partial charge in [0, 0.05) is 15.6 Å². The number of fused-ring (bicyclic) bond motifs is 1. The van der Waals surface area contributed by atoms with E-state index in [9.17, 15) is 17.6 Å². The number of sulfone groups is 1. The molecular formula is C14H15FN2O3S2. The summed E-state index contributed by atoms with van der Waals surface area (Å²) in [4.78, 5) is 12.7. The topological polar surface area (TPSA) is 75.3 Å². The number of nitrogens with one attached hydrogen (secondary N) is 2. The summed E-state index contributed by atoms with van der Waals surface area (Å²) >= 11 is 1.49. The molecule has 1 aromatic carbocycles. The van der Waals surface area contributed by atoms with Crippen molar-refractivity contribution >= 4 is 37.3 Å². The first-order valence-electron chi connectivity index (χ1n) is 6.84. The fraction of sp³-hybridized carbons (Fsp3) is 0.357. The van der Waals surface area contributed by atoms with Gasteiger partial charge in [0.2, 0.25) is 0 Å². The molecule has 0 unspecified atom stereocenters. The maximum atomic E-state index is 13.1. The molecule has 8 heteroatoms. The van der Waals surface area contributed by atoms with Gasteiger partial charge >= 0.3 is 6.03 Å². The van der Waals surface area contributed by atoms with Gasteiger partial charge in [0.05, 0.1) is 18.1 Å². The lowest BCUT2D eigenvalue weighted by Crippen LogP contribution is -2.42. The highest BCUT2D eigenvalue weighted by atomic mass is 32.2. The summed E-state index contributed by atoms with van der Waals surface area (Å²) < 4.78 is 36.7. The highest BCUT2D eigenvalue weighted by molar-refractivity contribution is 7.91. The van der Waals surface area contributed by atoms with Crippen LogP contribution in [0.5, 0.6) is 0 Å². The summed E-state index contributed by atoms with van der Waals surface area (Å²) in [6.45, 7) is 0.326. The van der Waals surface area contributed by atoms with Crippen molar-refractivity contribution in [2.24, 2.45) is 0 Å². The molecule has 1 saturated heterocycles. The van der Waals surface area contributed by atoms with Gasteiger partial charge in [-0.3, -0.25) is 0 Å². The minimum Gasteiger partial charge on any atom is -0.334 e. The molecule has 0 radical (unpaired) electrons. The molecule has 0 saturated carbocycles. The van der Waals surface area contributed by atoms with E-state index < -0.39 is 9.84 Å². The molecule has 0 aliphatic carbocycles. The third-order valence-corrected chi connectivity index (χ3v) is 6.40. The largest absolute Gasteiger partial charge is 0.334 e. The first kappa shape index (κ1) is 15.2. The smallest absolute Gasteiger partial charge is 0.315 e. The maximum Gasteiger partial charge on any atom is 0.315 e. The Bertz CT molecular complexity index is 817. The Hall–Kier alpha value is -1.67. The zero-order valence-electron chi connectivity index (χ0n) is 11.6. The van der Waals surface area contributed by atoms with Crippen LogP contribution in [0.25, 0.3) is 10.1 Å². The summed E-state index contributed by atoms with van der Waals surface area (Å²) in [5, 5.41) is 6.17. The number of amides is 2. The number of thiophene rings is 1. The lowest BCUT2D eigenvalue weighted by atomic mass is 10.2. The maximum absolute atomic E-state index is 13.1. The standard InChI is InChI=1S/C14H15FN2O3S2/c15-10-1-2-13-9(5-10)6-12(21-13)7-16-14(18)17-11-3-4-22(19,20)8-11/h1-2,5-6,11H,3-4,7-8H2,(H2,16,17,18)/t11-/m0/s1. The van der Waals surface area contributed by atoms with Crippen molar-refractivity contribution in [1.82, 2.24) is 10.6 Å². The monoisotopic (exact) mass is 342 g/mol. The van der Waals surface area contributed by atoms with E-state index in [4.69, 9.17) is 0 Å². The van der Waals surface area contributed by atoms with Crippen LogP contribution >= 0.6 is 11.3 Å². The van der Waals surface area contributed by atoms with Crippen LogP contribution in [0, 0.1) is 5.82 Å². The Labute approximate surface area is 131 Å². The fourth-order valence-corrected chi connectivity index (χ4v) is 5.13. The van der Waals surface area contributed by atoms with Crippen molar-refractivity contribution in [1.29, 1.82) is 0 Å². The van der Waals surface area contributed by atoms with E-state index in [1.54, 1.807) is 6.07 Å². The van der Waals surface area contributed by atoms with E-state index in [0.717, 1.165) is 15.0 Å². The van der Waals surface area contributed by atoms with Crippen LogP contribution in [-0.2, 0) is 16.4 Å². The molecule has 2 heterocycles. The van der Waals surface area contributed by atoms with Crippen molar-refractivity contribution in [3.8, 4) is 0 Å². The minimum absolute atomic E-state index is 0.00256. The highest BCUT2D eigenvalue weighted by Crippen LogP contribution is 2.26. The number of rotatable bonds is 3. The Kier molecular flexibility index (Phi) is 4.05. The molecule has 2 N–H and O–H groups in total. The van der Waals surface area contributed by atoms with Gasteiger partial charge in [0.15, 0.2) is 9.84 Å². The molecule has 1 aromatic heterocycles. The summed E-state index contributed by atoms with van der Waals surface area (Å²) in [5.74, 6) is -0.160. The molecular weight excluding hydrogens is 327 g/mol. The SMILES string of the molecule is O=C(NCc1cc2cc(F)ccc2s1)N[C@H]1CCS(=O)(=O)C1. The van der Waals surface area contributed by atoms with E-state index in [2.05, 4.69) is 10.6 Å². The molecule has 2 amide bonds. The minimum atomic E-state index is -3.01. The number of halogens is 1. The second-order valence-electron chi connectivity index (χ2n) is 5.32. The molecule has 1 aliphatic heterocycles. The second kappa shape index (κ2) is 5.85. The Morgan fingerprint density at radius 1 is 1.36 bits per heavy atom. The second-order valence-corrected chi connectivity index (χ2v) is 8.72. The van der Waals surface area contributed by atoms with Crippen molar-refractivity contribution < 1.29 is 17.6 Å². The van der Waals surface area contributed by atoms with Crippen molar-refractivity contribution in [3.05, 3.63) is 35.0 Å². The Balaban J connectivity index is 1.56. The predicted molar refractivity (Wildman–Crippen MR) is 84.2 cm³/mol. The lowest BCUT2D eigenvalue weighted by molar-refractivity contribution is 0.237. The number of carbonyl (C=O) groups is 1. The van der Waals surface area contributed by atoms with Gasteiger partial charge in [0.1, 0.15) is 5.82 Å². The first-order chi connectivity index (χ1) is 10.4. The van der Waals surface area contributed by atoms with Gasteiger partial charge < -0.3 is 10.6 Å². The third-order valence-electron chi connectivity index (χ3n) is 3.52. The highest BCUT2D eigenvalue weighted by Gasteiger charge is 2.28. The Morgan fingerprint density at radius 3 is 2.91 bits per heavy atom. The molecule has 3 rings (SSSR count). The number of urea groups is 1. The van der Waals surface area contributed by atoms with Crippen molar-refractivity contribution in [2.75, 3.05) is 11.5 Å². The number of hydrogen-bond donors (Lipinski definition) is 2. The zero-order valence-corrected chi connectivity index (χ0v) is 13.3. The summed E-state index contributed by atoms with van der Waals surface area (Å²) in [5.41, 5.74) is 0. The van der Waals surface area contributed by atoms with Gasteiger partial charge in [-0.15, -0.1) is 11.3 Å². The average Bonchev–Trinajstić information content (AvgIpc) is 2.98. The number of benzene rings is 1. The van der Waals surface area contributed by atoms with Crippen LogP contribution in [-0.4, -0.2) is 32.0 Å². The van der Waals surface area contributed by atoms with E-state index >= 15 is 0 Å². The van der Waals surface area contributed by atoms with Crippen LogP contribution in [0.4, 0.5) is 9.18 Å². The van der Waals surface area contributed by atoms with Gasteiger partial charge in [-0.2, -0.15) is 0 Å².